The monoisotopic (exact) mass is 324 g/mol. The number of morpholine rings is 1. The van der Waals surface area contributed by atoms with Crippen molar-refractivity contribution in [2.45, 2.75) is 39.2 Å². The number of carbonyl (C=O) groups excluding carboxylic acids is 1. The van der Waals surface area contributed by atoms with Crippen molar-refractivity contribution in [2.24, 2.45) is 0 Å². The molecular formula is C17H25ClN2O2. The Bertz CT molecular complexity index is 542. The molecule has 0 spiro atoms. The molecule has 22 heavy (non-hydrogen) atoms. The summed E-state index contributed by atoms with van der Waals surface area (Å²) in [5.74, 6) is 0.212. The Hall–Kier alpha value is -1.10. The predicted molar refractivity (Wildman–Crippen MR) is 91.1 cm³/mol. The standard InChI is InChI=1S/C17H24N2O2.ClH/c1-12-8-13(2)15-4-3-6-19(16(15)9-12)17(20)10-14-11-21-7-5-18-14;/h8-9,14,18H,3-7,10-11H2,1-2H3;1H. The third-order valence-corrected chi connectivity index (χ3v) is 4.41. The topological polar surface area (TPSA) is 41.6 Å². The zero-order valence-electron chi connectivity index (χ0n) is 13.4. The van der Waals surface area contributed by atoms with Gasteiger partial charge in [-0.2, -0.15) is 0 Å². The number of fused-ring (bicyclic) bond motifs is 1. The van der Waals surface area contributed by atoms with E-state index < -0.39 is 0 Å². The van der Waals surface area contributed by atoms with E-state index in [0.29, 0.717) is 13.0 Å². The molecule has 0 bridgehead atoms. The van der Waals surface area contributed by atoms with Gasteiger partial charge in [0, 0.05) is 31.2 Å². The first-order chi connectivity index (χ1) is 10.1. The average Bonchev–Trinajstić information content (AvgIpc) is 2.47. The fourth-order valence-electron chi connectivity index (χ4n) is 3.41. The first-order valence-electron chi connectivity index (χ1n) is 7.87. The van der Waals surface area contributed by atoms with Crippen LogP contribution in [0.2, 0.25) is 0 Å². The normalized spacial score (nSPS) is 21.0. The van der Waals surface area contributed by atoms with Crippen molar-refractivity contribution in [3.05, 3.63) is 28.8 Å². The van der Waals surface area contributed by atoms with E-state index in [4.69, 9.17) is 4.74 Å². The summed E-state index contributed by atoms with van der Waals surface area (Å²) in [5, 5.41) is 3.36. The van der Waals surface area contributed by atoms with Crippen LogP contribution >= 0.6 is 12.4 Å². The highest BCUT2D eigenvalue weighted by Gasteiger charge is 2.26. The van der Waals surface area contributed by atoms with Crippen molar-refractivity contribution < 1.29 is 9.53 Å². The summed E-state index contributed by atoms with van der Waals surface area (Å²) in [5.41, 5.74) is 5.00. The van der Waals surface area contributed by atoms with Gasteiger partial charge in [-0.05, 0) is 49.4 Å². The highest BCUT2D eigenvalue weighted by molar-refractivity contribution is 5.95. The fourth-order valence-corrected chi connectivity index (χ4v) is 3.41. The lowest BCUT2D eigenvalue weighted by Crippen LogP contribution is -2.46. The Balaban J connectivity index is 0.00000176. The quantitative estimate of drug-likeness (QED) is 0.908. The zero-order valence-corrected chi connectivity index (χ0v) is 14.2. The van der Waals surface area contributed by atoms with Gasteiger partial charge in [0.25, 0.3) is 0 Å². The second kappa shape index (κ2) is 7.44. The Morgan fingerprint density at radius 1 is 1.41 bits per heavy atom. The number of rotatable bonds is 2. The van der Waals surface area contributed by atoms with Crippen LogP contribution in [0.5, 0.6) is 0 Å². The van der Waals surface area contributed by atoms with Crippen molar-refractivity contribution >= 4 is 24.0 Å². The lowest BCUT2D eigenvalue weighted by molar-refractivity contribution is -0.119. The van der Waals surface area contributed by atoms with E-state index in [1.165, 1.54) is 16.7 Å². The second-order valence-corrected chi connectivity index (χ2v) is 6.16. The molecule has 1 saturated heterocycles. The van der Waals surface area contributed by atoms with Gasteiger partial charge in [0.1, 0.15) is 0 Å². The van der Waals surface area contributed by atoms with E-state index in [0.717, 1.165) is 38.2 Å². The Morgan fingerprint density at radius 2 is 2.23 bits per heavy atom. The number of hydrogen-bond donors (Lipinski definition) is 1. The molecule has 0 saturated carbocycles. The number of halogens is 1. The largest absolute Gasteiger partial charge is 0.378 e. The Kier molecular flexibility index (Phi) is 5.84. The molecular weight excluding hydrogens is 300 g/mol. The van der Waals surface area contributed by atoms with Crippen molar-refractivity contribution in [2.75, 3.05) is 31.2 Å². The molecule has 1 aromatic carbocycles. The van der Waals surface area contributed by atoms with Crippen molar-refractivity contribution in [3.8, 4) is 0 Å². The van der Waals surface area contributed by atoms with E-state index in [1.54, 1.807) is 0 Å². The molecule has 1 unspecified atom stereocenters. The summed E-state index contributed by atoms with van der Waals surface area (Å²) in [6, 6.07) is 4.52. The average molecular weight is 325 g/mol. The van der Waals surface area contributed by atoms with Gasteiger partial charge in [-0.3, -0.25) is 4.79 Å². The molecule has 0 aromatic heterocycles. The number of hydrogen-bond acceptors (Lipinski definition) is 3. The van der Waals surface area contributed by atoms with Crippen LogP contribution in [0.4, 0.5) is 5.69 Å². The number of benzene rings is 1. The number of ether oxygens (including phenoxy) is 1. The van der Waals surface area contributed by atoms with E-state index in [-0.39, 0.29) is 24.4 Å². The Labute approximate surface area is 138 Å². The summed E-state index contributed by atoms with van der Waals surface area (Å²) in [4.78, 5) is 14.7. The van der Waals surface area contributed by atoms with Gasteiger partial charge in [0.2, 0.25) is 5.91 Å². The van der Waals surface area contributed by atoms with Crippen LogP contribution in [0.1, 0.15) is 29.5 Å². The number of amides is 1. The Morgan fingerprint density at radius 3 is 2.95 bits per heavy atom. The number of nitrogens with zero attached hydrogens (tertiary/aromatic N) is 1. The fraction of sp³-hybridized carbons (Fsp3) is 0.588. The highest BCUT2D eigenvalue weighted by Crippen LogP contribution is 2.31. The minimum atomic E-state index is 0. The summed E-state index contributed by atoms with van der Waals surface area (Å²) >= 11 is 0. The molecule has 2 heterocycles. The van der Waals surface area contributed by atoms with Gasteiger partial charge in [0.05, 0.1) is 13.2 Å². The van der Waals surface area contributed by atoms with E-state index in [2.05, 4.69) is 31.3 Å². The van der Waals surface area contributed by atoms with Gasteiger partial charge in [-0.1, -0.05) is 6.07 Å². The number of nitrogens with one attached hydrogen (secondary N) is 1. The van der Waals surface area contributed by atoms with Crippen molar-refractivity contribution in [3.63, 3.8) is 0 Å². The lowest BCUT2D eigenvalue weighted by atomic mass is 9.94. The van der Waals surface area contributed by atoms with Gasteiger partial charge >= 0.3 is 0 Å². The van der Waals surface area contributed by atoms with Crippen LogP contribution in [0.3, 0.4) is 0 Å². The van der Waals surface area contributed by atoms with E-state index >= 15 is 0 Å². The summed E-state index contributed by atoms with van der Waals surface area (Å²) in [6.07, 6.45) is 2.65. The second-order valence-electron chi connectivity index (χ2n) is 6.16. The van der Waals surface area contributed by atoms with Crippen LogP contribution in [0.25, 0.3) is 0 Å². The minimum Gasteiger partial charge on any atom is -0.378 e. The highest BCUT2D eigenvalue weighted by atomic mass is 35.5. The molecule has 1 N–H and O–H groups in total. The van der Waals surface area contributed by atoms with Crippen LogP contribution in [-0.2, 0) is 16.0 Å². The summed E-state index contributed by atoms with van der Waals surface area (Å²) in [6.45, 7) is 7.31. The first kappa shape index (κ1) is 17.3. The van der Waals surface area contributed by atoms with Gasteiger partial charge in [-0.25, -0.2) is 0 Å². The molecule has 1 fully saturated rings. The number of carbonyl (C=O) groups is 1. The van der Waals surface area contributed by atoms with Crippen LogP contribution < -0.4 is 10.2 Å². The zero-order chi connectivity index (χ0) is 14.8. The van der Waals surface area contributed by atoms with Gasteiger partial charge in [0.15, 0.2) is 0 Å². The van der Waals surface area contributed by atoms with Crippen molar-refractivity contribution in [1.82, 2.24) is 5.32 Å². The number of anilines is 1. The molecule has 2 aliphatic rings. The van der Waals surface area contributed by atoms with E-state index in [1.807, 2.05) is 4.90 Å². The van der Waals surface area contributed by atoms with Crippen molar-refractivity contribution in [1.29, 1.82) is 0 Å². The molecule has 4 nitrogen and oxygen atoms in total. The van der Waals surface area contributed by atoms with Gasteiger partial charge in [-0.15, -0.1) is 12.4 Å². The lowest BCUT2D eigenvalue weighted by Gasteiger charge is -2.33. The van der Waals surface area contributed by atoms with Crippen LogP contribution in [0.15, 0.2) is 12.1 Å². The summed E-state index contributed by atoms with van der Waals surface area (Å²) < 4.78 is 5.44. The van der Waals surface area contributed by atoms with Crippen LogP contribution in [0, 0.1) is 13.8 Å². The SMILES string of the molecule is Cc1cc(C)c2c(c1)N(C(=O)CC1COCCN1)CCC2.Cl. The maximum absolute atomic E-state index is 12.7. The predicted octanol–water partition coefficient (Wildman–Crippen LogP) is 2.38. The molecule has 1 aromatic rings. The molecule has 1 atom stereocenters. The molecule has 3 rings (SSSR count). The molecule has 1 amide bonds. The summed E-state index contributed by atoms with van der Waals surface area (Å²) in [7, 11) is 0. The van der Waals surface area contributed by atoms with E-state index in [9.17, 15) is 4.79 Å². The third-order valence-electron chi connectivity index (χ3n) is 4.41. The molecule has 0 radical (unpaired) electrons. The van der Waals surface area contributed by atoms with Crippen LogP contribution in [-0.4, -0.2) is 38.3 Å². The maximum Gasteiger partial charge on any atom is 0.228 e. The first-order valence-corrected chi connectivity index (χ1v) is 7.87. The third kappa shape index (κ3) is 3.62. The molecule has 0 aliphatic carbocycles. The minimum absolute atomic E-state index is 0. The maximum atomic E-state index is 12.7. The molecule has 122 valence electrons. The van der Waals surface area contributed by atoms with Gasteiger partial charge < -0.3 is 15.0 Å². The number of aryl methyl sites for hydroxylation is 2. The molecule has 5 heteroatoms. The smallest absolute Gasteiger partial charge is 0.228 e. The molecule has 2 aliphatic heterocycles.